The molecule has 14 heteroatoms. The Bertz CT molecular complexity index is 43.9. The standard InChI is InChI=1S/H3NO.3H3O3P/c1-2;3*1-4(2)3/h2H,1H2;3*1-3H. The van der Waals surface area contributed by atoms with Crippen LogP contribution in [-0.2, 0) is 0 Å². The van der Waals surface area contributed by atoms with Crippen LogP contribution in [0.1, 0.15) is 0 Å². The van der Waals surface area contributed by atoms with E-state index in [1.54, 1.807) is 0 Å². The zero-order valence-electron chi connectivity index (χ0n) is 6.39. The van der Waals surface area contributed by atoms with Crippen LogP contribution in [0.2, 0.25) is 0 Å². The lowest BCUT2D eigenvalue weighted by molar-refractivity contribution is 0.311. The predicted octanol–water partition coefficient (Wildman–Crippen LogP) is -3.10. The average Bonchev–Trinajstić information content (AvgIpc) is 1.86. The minimum absolute atomic E-state index is 2.62. The van der Waals surface area contributed by atoms with Crippen molar-refractivity contribution in [3.8, 4) is 0 Å². The lowest BCUT2D eigenvalue weighted by atomic mass is 13.6. The molecule has 0 spiro atoms. The van der Waals surface area contributed by atoms with Gasteiger partial charge in [-0.05, 0) is 0 Å². The van der Waals surface area contributed by atoms with Gasteiger partial charge in [0.25, 0.3) is 0 Å². The van der Waals surface area contributed by atoms with E-state index >= 15 is 0 Å². The van der Waals surface area contributed by atoms with Gasteiger partial charge >= 0.3 is 25.8 Å². The molecule has 0 fully saturated rings. The Kier molecular flexibility index (Phi) is 40.7. The molecule has 0 heterocycles. The summed E-state index contributed by atoms with van der Waals surface area (Å²) in [5.74, 6) is 3.50. The summed E-state index contributed by atoms with van der Waals surface area (Å²) < 4.78 is 0. The number of hydrogen-bond donors (Lipinski definition) is 11. The Morgan fingerprint density at radius 2 is 0.429 bits per heavy atom. The molecule has 0 aromatic carbocycles. The fourth-order valence-corrected chi connectivity index (χ4v) is 0. The second-order valence-corrected chi connectivity index (χ2v) is 2.41. The smallest absolute Gasteiger partial charge is 0.324 e. The van der Waals surface area contributed by atoms with Gasteiger partial charge in [0.2, 0.25) is 0 Å². The summed E-state index contributed by atoms with van der Waals surface area (Å²) >= 11 is 0. The van der Waals surface area contributed by atoms with E-state index in [9.17, 15) is 0 Å². The molecule has 0 amide bonds. The molecule has 0 aliphatic heterocycles. The van der Waals surface area contributed by atoms with Crippen LogP contribution < -0.4 is 5.90 Å². The van der Waals surface area contributed by atoms with E-state index in [1.807, 2.05) is 0 Å². The maximum atomic E-state index is 7.23. The summed E-state index contributed by atoms with van der Waals surface area (Å²) in [5, 5.41) is 6.50. The highest BCUT2D eigenvalue weighted by molar-refractivity contribution is 7.38. The van der Waals surface area contributed by atoms with Gasteiger partial charge in [-0.3, -0.25) is 0 Å². The third-order valence-electron chi connectivity index (χ3n) is 0. The molecule has 0 aliphatic carbocycles. The molecule has 11 nitrogen and oxygen atoms in total. The molecule has 0 saturated heterocycles. The third-order valence-corrected chi connectivity index (χ3v) is 0. The SMILES string of the molecule is NO.OP(O)O.OP(O)O.OP(O)O. The summed E-state index contributed by atoms with van der Waals surface area (Å²) in [5.41, 5.74) is 0. The Hall–Kier alpha value is 0.850. The number of nitrogens with two attached hydrogens (primary N) is 1. The van der Waals surface area contributed by atoms with Crippen LogP contribution >= 0.6 is 25.8 Å². The summed E-state index contributed by atoms with van der Waals surface area (Å²) in [4.78, 5) is 65.1. The number of rotatable bonds is 0. The Balaban J connectivity index is -0.0000000492. The first-order valence-corrected chi connectivity index (χ1v) is 5.66. The van der Waals surface area contributed by atoms with Gasteiger partial charge in [0.1, 0.15) is 0 Å². The topological polar surface area (TPSA) is 228 Å². The minimum atomic E-state index is -2.62. The highest BCUT2D eigenvalue weighted by Gasteiger charge is 1.77. The molecule has 0 aromatic rings. The maximum Gasteiger partial charge on any atom is 0.324 e. The molecule has 12 N–H and O–H groups in total. The van der Waals surface area contributed by atoms with Crippen LogP contribution in [0.25, 0.3) is 0 Å². The summed E-state index contributed by atoms with van der Waals surface area (Å²) in [6, 6.07) is 0. The van der Waals surface area contributed by atoms with E-state index in [2.05, 4.69) is 5.90 Å². The van der Waals surface area contributed by atoms with E-state index < -0.39 is 25.8 Å². The van der Waals surface area contributed by atoms with Crippen LogP contribution in [0.15, 0.2) is 0 Å². The van der Waals surface area contributed by atoms with Crippen molar-refractivity contribution in [3.05, 3.63) is 0 Å². The summed E-state index contributed by atoms with van der Waals surface area (Å²) in [6.07, 6.45) is 0. The van der Waals surface area contributed by atoms with E-state index in [4.69, 9.17) is 49.2 Å². The zero-order chi connectivity index (χ0) is 12.7. The van der Waals surface area contributed by atoms with E-state index in [1.165, 1.54) is 0 Å². The van der Waals surface area contributed by atoms with Gasteiger partial charge in [-0.25, -0.2) is 5.90 Å². The molecular formula is H12NO10P3. The first kappa shape index (κ1) is 24.2. The monoisotopic (exact) mass is 279 g/mol. The quantitative estimate of drug-likeness (QED) is 0.157. The Morgan fingerprint density at radius 1 is 0.429 bits per heavy atom. The van der Waals surface area contributed by atoms with E-state index in [-0.39, 0.29) is 0 Å². The van der Waals surface area contributed by atoms with Gasteiger partial charge in [-0.1, -0.05) is 0 Å². The first-order valence-electron chi connectivity index (χ1n) is 2.06. The van der Waals surface area contributed by atoms with Gasteiger partial charge in [0.05, 0.1) is 0 Å². The summed E-state index contributed by atoms with van der Waals surface area (Å²) in [7, 11) is -7.86. The second kappa shape index (κ2) is 23.6. The maximum absolute atomic E-state index is 7.23. The highest BCUT2D eigenvalue weighted by atomic mass is 31.2. The van der Waals surface area contributed by atoms with Crippen LogP contribution in [0, 0.1) is 0 Å². The van der Waals surface area contributed by atoms with E-state index in [0.717, 1.165) is 0 Å². The van der Waals surface area contributed by atoms with Crippen LogP contribution in [0.5, 0.6) is 0 Å². The van der Waals surface area contributed by atoms with Crippen molar-refractivity contribution in [2.45, 2.75) is 0 Å². The molecule has 0 rings (SSSR count). The molecule has 0 saturated carbocycles. The third kappa shape index (κ3) is 2500. The Labute approximate surface area is 81.9 Å². The lowest BCUT2D eigenvalue weighted by Crippen LogP contribution is -1.72. The number of hydrogen-bond acceptors (Lipinski definition) is 11. The van der Waals surface area contributed by atoms with Crippen molar-refractivity contribution in [1.82, 2.24) is 0 Å². The predicted molar refractivity (Wildman–Crippen MR) is 46.7 cm³/mol. The molecule has 14 heavy (non-hydrogen) atoms. The van der Waals surface area contributed by atoms with E-state index in [0.29, 0.717) is 0 Å². The molecule has 92 valence electrons. The van der Waals surface area contributed by atoms with Crippen molar-refractivity contribution in [2.75, 3.05) is 0 Å². The van der Waals surface area contributed by atoms with Gasteiger partial charge in [0.15, 0.2) is 0 Å². The van der Waals surface area contributed by atoms with Gasteiger partial charge in [0, 0.05) is 0 Å². The molecule has 0 aromatic heterocycles. The molecule has 0 bridgehead atoms. The zero-order valence-corrected chi connectivity index (χ0v) is 9.07. The first-order chi connectivity index (χ1) is 6.20. The molecular weight excluding hydrogens is 267 g/mol. The molecule has 0 unspecified atom stereocenters. The van der Waals surface area contributed by atoms with Crippen molar-refractivity contribution in [3.63, 3.8) is 0 Å². The lowest BCUT2D eigenvalue weighted by Gasteiger charge is -1.76. The van der Waals surface area contributed by atoms with Crippen molar-refractivity contribution in [2.24, 2.45) is 5.90 Å². The minimum Gasteiger partial charge on any atom is -0.328 e. The van der Waals surface area contributed by atoms with Gasteiger partial charge in [-0.15, -0.1) is 0 Å². The highest BCUT2D eigenvalue weighted by Crippen LogP contribution is 2.12. The molecule has 0 radical (unpaired) electrons. The summed E-state index contributed by atoms with van der Waals surface area (Å²) in [6.45, 7) is 0. The fourth-order valence-electron chi connectivity index (χ4n) is 0. The van der Waals surface area contributed by atoms with Gasteiger partial charge < -0.3 is 49.2 Å². The average molecular weight is 279 g/mol. The van der Waals surface area contributed by atoms with Crippen LogP contribution in [0.3, 0.4) is 0 Å². The van der Waals surface area contributed by atoms with Crippen molar-refractivity contribution < 1.29 is 49.2 Å². The molecule has 0 aliphatic rings. The second-order valence-electron chi connectivity index (χ2n) is 0.805. The van der Waals surface area contributed by atoms with Crippen molar-refractivity contribution in [1.29, 1.82) is 0 Å². The Morgan fingerprint density at radius 3 is 0.429 bits per heavy atom. The van der Waals surface area contributed by atoms with Gasteiger partial charge in [-0.2, -0.15) is 0 Å². The largest absolute Gasteiger partial charge is 0.328 e. The van der Waals surface area contributed by atoms with Crippen LogP contribution in [-0.4, -0.2) is 49.2 Å². The fraction of sp³-hybridized carbons (Fsp3) is 0. The van der Waals surface area contributed by atoms with Crippen molar-refractivity contribution >= 4 is 25.8 Å². The normalized spacial score (nSPS) is 8.14. The van der Waals surface area contributed by atoms with Crippen LogP contribution in [0.4, 0.5) is 0 Å². The molecule has 0 atom stereocenters.